The van der Waals surface area contributed by atoms with Gasteiger partial charge in [-0.05, 0) is 31.7 Å². The Morgan fingerprint density at radius 1 is 1.16 bits per heavy atom. The SMILES string of the molecule is CCN(CC(F)(F)F)c1c(F)cc(CNC)cc1F. The maximum atomic E-state index is 13.8. The van der Waals surface area contributed by atoms with Crippen molar-refractivity contribution in [2.75, 3.05) is 25.0 Å². The summed E-state index contributed by atoms with van der Waals surface area (Å²) in [6.07, 6.45) is -4.52. The first-order valence-corrected chi connectivity index (χ1v) is 5.72. The van der Waals surface area contributed by atoms with Crippen molar-refractivity contribution in [2.24, 2.45) is 0 Å². The van der Waals surface area contributed by atoms with Crippen molar-refractivity contribution in [3.8, 4) is 0 Å². The molecule has 108 valence electrons. The zero-order valence-electron chi connectivity index (χ0n) is 10.6. The van der Waals surface area contributed by atoms with Gasteiger partial charge < -0.3 is 10.2 Å². The minimum absolute atomic E-state index is 0.140. The lowest BCUT2D eigenvalue weighted by atomic mass is 10.1. The van der Waals surface area contributed by atoms with Gasteiger partial charge in [0.25, 0.3) is 0 Å². The lowest BCUT2D eigenvalue weighted by Crippen LogP contribution is -2.35. The summed E-state index contributed by atoms with van der Waals surface area (Å²) < 4.78 is 64.6. The molecule has 1 aromatic carbocycles. The number of halogens is 5. The molecule has 0 bridgehead atoms. The molecule has 0 radical (unpaired) electrons. The Kier molecular flexibility index (Phi) is 5.11. The van der Waals surface area contributed by atoms with Crippen LogP contribution in [0.3, 0.4) is 0 Å². The highest BCUT2D eigenvalue weighted by molar-refractivity contribution is 5.50. The zero-order valence-corrected chi connectivity index (χ0v) is 10.6. The molecule has 0 aliphatic rings. The second-order valence-corrected chi connectivity index (χ2v) is 4.07. The van der Waals surface area contributed by atoms with Crippen LogP contribution >= 0.6 is 0 Å². The van der Waals surface area contributed by atoms with E-state index in [9.17, 15) is 22.0 Å². The van der Waals surface area contributed by atoms with Crippen molar-refractivity contribution in [3.05, 3.63) is 29.3 Å². The average molecular weight is 282 g/mol. The van der Waals surface area contributed by atoms with Crippen molar-refractivity contribution in [1.29, 1.82) is 0 Å². The molecule has 0 aliphatic carbocycles. The minimum Gasteiger partial charge on any atom is -0.358 e. The molecule has 7 heteroatoms. The lowest BCUT2D eigenvalue weighted by Gasteiger charge is -2.25. The molecule has 0 heterocycles. The molecule has 0 aliphatic heterocycles. The predicted molar refractivity (Wildman–Crippen MR) is 63.1 cm³/mol. The molecule has 0 unspecified atom stereocenters. The van der Waals surface area contributed by atoms with E-state index in [0.717, 1.165) is 12.1 Å². The molecule has 1 N–H and O–H groups in total. The van der Waals surface area contributed by atoms with E-state index in [0.29, 0.717) is 10.5 Å². The molecular formula is C12H15F5N2. The summed E-state index contributed by atoms with van der Waals surface area (Å²) in [5.41, 5.74) is -0.302. The van der Waals surface area contributed by atoms with Crippen LogP contribution in [-0.2, 0) is 6.54 Å². The first-order chi connectivity index (χ1) is 8.78. The van der Waals surface area contributed by atoms with Crippen molar-refractivity contribution in [1.82, 2.24) is 5.32 Å². The molecule has 0 spiro atoms. The average Bonchev–Trinajstić information content (AvgIpc) is 2.25. The number of hydrogen-bond acceptors (Lipinski definition) is 2. The number of nitrogens with zero attached hydrogens (tertiary/aromatic N) is 1. The first kappa shape index (κ1) is 15.7. The van der Waals surface area contributed by atoms with E-state index in [4.69, 9.17) is 0 Å². The van der Waals surface area contributed by atoms with Gasteiger partial charge >= 0.3 is 6.18 Å². The largest absolute Gasteiger partial charge is 0.405 e. The van der Waals surface area contributed by atoms with Gasteiger partial charge in [0.15, 0.2) is 0 Å². The van der Waals surface area contributed by atoms with Gasteiger partial charge in [0.1, 0.15) is 23.9 Å². The van der Waals surface area contributed by atoms with Gasteiger partial charge in [0.05, 0.1) is 0 Å². The van der Waals surface area contributed by atoms with Crippen LogP contribution in [0.25, 0.3) is 0 Å². The van der Waals surface area contributed by atoms with E-state index in [1.807, 2.05) is 0 Å². The zero-order chi connectivity index (χ0) is 14.6. The maximum absolute atomic E-state index is 13.8. The molecule has 0 aromatic heterocycles. The summed E-state index contributed by atoms with van der Waals surface area (Å²) in [4.78, 5) is 0.633. The molecular weight excluding hydrogens is 267 g/mol. The van der Waals surface area contributed by atoms with Crippen molar-refractivity contribution < 1.29 is 22.0 Å². The van der Waals surface area contributed by atoms with Gasteiger partial charge in [-0.3, -0.25) is 0 Å². The summed E-state index contributed by atoms with van der Waals surface area (Å²) in [7, 11) is 1.60. The number of anilines is 1. The molecule has 2 nitrogen and oxygen atoms in total. The lowest BCUT2D eigenvalue weighted by molar-refractivity contribution is -0.119. The summed E-state index contributed by atoms with van der Waals surface area (Å²) in [6.45, 7) is 0.118. The third-order valence-electron chi connectivity index (χ3n) is 2.53. The first-order valence-electron chi connectivity index (χ1n) is 5.72. The monoisotopic (exact) mass is 282 g/mol. The fourth-order valence-electron chi connectivity index (χ4n) is 1.79. The molecule has 0 amide bonds. The van der Waals surface area contributed by atoms with E-state index < -0.39 is 30.0 Å². The summed E-state index contributed by atoms with van der Waals surface area (Å²) in [5.74, 6) is -1.98. The third kappa shape index (κ3) is 4.34. The Morgan fingerprint density at radius 3 is 2.05 bits per heavy atom. The number of nitrogens with one attached hydrogen (secondary N) is 1. The molecule has 0 saturated heterocycles. The van der Waals surface area contributed by atoms with E-state index in [1.165, 1.54) is 6.92 Å². The van der Waals surface area contributed by atoms with Gasteiger partial charge in [-0.1, -0.05) is 0 Å². The van der Waals surface area contributed by atoms with Crippen LogP contribution in [0, 0.1) is 11.6 Å². The van der Waals surface area contributed by atoms with Gasteiger partial charge in [0, 0.05) is 13.1 Å². The van der Waals surface area contributed by atoms with Crippen LogP contribution in [0.1, 0.15) is 12.5 Å². The normalized spacial score (nSPS) is 11.7. The molecule has 1 aromatic rings. The maximum Gasteiger partial charge on any atom is 0.405 e. The van der Waals surface area contributed by atoms with E-state index in [1.54, 1.807) is 7.05 Å². The highest BCUT2D eigenvalue weighted by Gasteiger charge is 2.32. The number of hydrogen-bond donors (Lipinski definition) is 1. The Labute approximate surface area is 108 Å². The second-order valence-electron chi connectivity index (χ2n) is 4.07. The second kappa shape index (κ2) is 6.18. The number of alkyl halides is 3. The van der Waals surface area contributed by atoms with E-state index in [-0.39, 0.29) is 13.1 Å². The molecule has 1 rings (SSSR count). The molecule has 0 atom stereocenters. The van der Waals surface area contributed by atoms with Crippen molar-refractivity contribution in [2.45, 2.75) is 19.6 Å². The Morgan fingerprint density at radius 2 is 1.68 bits per heavy atom. The van der Waals surface area contributed by atoms with E-state index in [2.05, 4.69) is 5.32 Å². The van der Waals surface area contributed by atoms with Crippen molar-refractivity contribution >= 4 is 5.69 Å². The fraction of sp³-hybridized carbons (Fsp3) is 0.500. The summed E-state index contributed by atoms with van der Waals surface area (Å²) >= 11 is 0. The Hall–Kier alpha value is -1.37. The van der Waals surface area contributed by atoms with Crippen LogP contribution < -0.4 is 10.2 Å². The van der Waals surface area contributed by atoms with Gasteiger partial charge in [0.2, 0.25) is 0 Å². The highest BCUT2D eigenvalue weighted by Crippen LogP contribution is 2.28. The van der Waals surface area contributed by atoms with Crippen LogP contribution in [0.4, 0.5) is 27.6 Å². The smallest absolute Gasteiger partial charge is 0.358 e. The van der Waals surface area contributed by atoms with Gasteiger partial charge in [-0.25, -0.2) is 8.78 Å². The van der Waals surface area contributed by atoms with Crippen molar-refractivity contribution in [3.63, 3.8) is 0 Å². The molecule has 0 saturated carbocycles. The van der Waals surface area contributed by atoms with Gasteiger partial charge in [-0.15, -0.1) is 0 Å². The van der Waals surface area contributed by atoms with Crippen LogP contribution in [0.2, 0.25) is 0 Å². The van der Waals surface area contributed by atoms with Crippen LogP contribution in [0.5, 0.6) is 0 Å². The predicted octanol–water partition coefficient (Wildman–Crippen LogP) is 3.07. The molecule has 19 heavy (non-hydrogen) atoms. The minimum atomic E-state index is -4.52. The quantitative estimate of drug-likeness (QED) is 0.835. The highest BCUT2D eigenvalue weighted by atomic mass is 19.4. The number of benzene rings is 1. The molecule has 0 fully saturated rings. The Bertz CT molecular complexity index is 408. The topological polar surface area (TPSA) is 15.3 Å². The van der Waals surface area contributed by atoms with Crippen LogP contribution in [0.15, 0.2) is 12.1 Å². The van der Waals surface area contributed by atoms with Crippen LogP contribution in [-0.4, -0.2) is 26.3 Å². The Balaban J connectivity index is 3.10. The third-order valence-corrected chi connectivity index (χ3v) is 2.53. The standard InChI is InChI=1S/C12H15F5N2/c1-3-19(7-12(15,16)17)11-9(13)4-8(6-18-2)5-10(11)14/h4-5,18H,3,6-7H2,1-2H3. The fourth-order valence-corrected chi connectivity index (χ4v) is 1.79. The summed E-state index contributed by atoms with van der Waals surface area (Å²) in [6, 6.07) is 2.07. The van der Waals surface area contributed by atoms with E-state index >= 15 is 0 Å². The summed E-state index contributed by atoms with van der Waals surface area (Å²) in [5, 5.41) is 2.71. The number of rotatable bonds is 5. The van der Waals surface area contributed by atoms with Gasteiger partial charge in [-0.2, -0.15) is 13.2 Å².